The van der Waals surface area contributed by atoms with Crippen LogP contribution in [0.2, 0.25) is 5.02 Å². The van der Waals surface area contributed by atoms with Crippen molar-refractivity contribution in [3.8, 4) is 0 Å². The molecule has 0 radical (unpaired) electrons. The standard InChI is InChI=1S/C13H16ClFN4/c1-9(2)7-19-12(17-8-18-19)6-16-11-5-3-4-10(14)13(11)15/h3-5,8-9,16H,6-7H2,1-2H3. The zero-order chi connectivity index (χ0) is 13.8. The summed E-state index contributed by atoms with van der Waals surface area (Å²) in [6, 6.07) is 4.86. The summed E-state index contributed by atoms with van der Waals surface area (Å²) in [4.78, 5) is 4.17. The number of aromatic nitrogens is 3. The van der Waals surface area contributed by atoms with Gasteiger partial charge in [-0.25, -0.2) is 14.1 Å². The normalized spacial score (nSPS) is 11.0. The van der Waals surface area contributed by atoms with Crippen LogP contribution >= 0.6 is 11.6 Å². The van der Waals surface area contributed by atoms with Crippen molar-refractivity contribution in [3.63, 3.8) is 0 Å². The van der Waals surface area contributed by atoms with Crippen molar-refractivity contribution >= 4 is 17.3 Å². The molecule has 0 fully saturated rings. The average molecular weight is 283 g/mol. The van der Waals surface area contributed by atoms with Crippen LogP contribution in [-0.4, -0.2) is 14.8 Å². The smallest absolute Gasteiger partial charge is 0.164 e. The quantitative estimate of drug-likeness (QED) is 0.915. The van der Waals surface area contributed by atoms with Crippen molar-refractivity contribution in [2.45, 2.75) is 26.9 Å². The number of anilines is 1. The third kappa shape index (κ3) is 3.44. The highest BCUT2D eigenvalue weighted by Gasteiger charge is 2.09. The van der Waals surface area contributed by atoms with Crippen LogP contribution in [0.4, 0.5) is 10.1 Å². The molecule has 0 aliphatic carbocycles. The van der Waals surface area contributed by atoms with Crippen LogP contribution in [-0.2, 0) is 13.1 Å². The summed E-state index contributed by atoms with van der Waals surface area (Å²) in [6.45, 7) is 5.41. The highest BCUT2D eigenvalue weighted by Crippen LogP contribution is 2.22. The number of rotatable bonds is 5. The van der Waals surface area contributed by atoms with E-state index in [1.807, 2.05) is 4.68 Å². The molecule has 1 N–H and O–H groups in total. The summed E-state index contributed by atoms with van der Waals surface area (Å²) in [5.41, 5.74) is 0.367. The van der Waals surface area contributed by atoms with Gasteiger partial charge in [0.05, 0.1) is 17.3 Å². The van der Waals surface area contributed by atoms with Crippen LogP contribution < -0.4 is 5.32 Å². The van der Waals surface area contributed by atoms with Crippen LogP contribution in [0, 0.1) is 11.7 Å². The average Bonchev–Trinajstić information content (AvgIpc) is 2.78. The Bertz CT molecular complexity index is 553. The van der Waals surface area contributed by atoms with E-state index in [1.54, 1.807) is 12.1 Å². The molecule has 102 valence electrons. The molecule has 0 amide bonds. The van der Waals surface area contributed by atoms with Gasteiger partial charge < -0.3 is 5.32 Å². The van der Waals surface area contributed by atoms with Gasteiger partial charge >= 0.3 is 0 Å². The summed E-state index contributed by atoms with van der Waals surface area (Å²) >= 11 is 5.73. The molecule has 6 heteroatoms. The first-order valence-electron chi connectivity index (χ1n) is 6.12. The molecule has 0 unspecified atom stereocenters. The Morgan fingerprint density at radius 2 is 2.21 bits per heavy atom. The lowest BCUT2D eigenvalue weighted by Gasteiger charge is -2.10. The molecule has 19 heavy (non-hydrogen) atoms. The predicted molar refractivity (Wildman–Crippen MR) is 73.6 cm³/mol. The molecule has 0 atom stereocenters. The van der Waals surface area contributed by atoms with E-state index in [1.165, 1.54) is 12.4 Å². The van der Waals surface area contributed by atoms with E-state index in [9.17, 15) is 4.39 Å². The Balaban J connectivity index is 2.06. The molecule has 0 aliphatic heterocycles. The molecule has 2 aromatic rings. The van der Waals surface area contributed by atoms with Crippen molar-refractivity contribution in [1.82, 2.24) is 14.8 Å². The predicted octanol–water partition coefficient (Wildman–Crippen LogP) is 3.34. The van der Waals surface area contributed by atoms with Crippen molar-refractivity contribution in [2.24, 2.45) is 5.92 Å². The van der Waals surface area contributed by atoms with Crippen molar-refractivity contribution in [1.29, 1.82) is 0 Å². The molecule has 1 aromatic carbocycles. The van der Waals surface area contributed by atoms with Gasteiger partial charge in [0.25, 0.3) is 0 Å². The maximum atomic E-state index is 13.7. The van der Waals surface area contributed by atoms with Crippen LogP contribution in [0.25, 0.3) is 0 Å². The number of nitrogens with one attached hydrogen (secondary N) is 1. The number of hydrogen-bond donors (Lipinski definition) is 1. The summed E-state index contributed by atoms with van der Waals surface area (Å²) in [5, 5.41) is 7.25. The molecular weight excluding hydrogens is 267 g/mol. The Hall–Kier alpha value is -1.62. The zero-order valence-corrected chi connectivity index (χ0v) is 11.7. The maximum absolute atomic E-state index is 13.7. The van der Waals surface area contributed by atoms with E-state index in [0.717, 1.165) is 12.4 Å². The fourth-order valence-electron chi connectivity index (χ4n) is 1.74. The Kier molecular flexibility index (Phi) is 4.37. The van der Waals surface area contributed by atoms with Crippen molar-refractivity contribution in [2.75, 3.05) is 5.32 Å². The van der Waals surface area contributed by atoms with E-state index in [4.69, 9.17) is 11.6 Å². The van der Waals surface area contributed by atoms with Gasteiger partial charge in [-0.2, -0.15) is 5.10 Å². The largest absolute Gasteiger partial charge is 0.375 e. The maximum Gasteiger partial charge on any atom is 0.164 e. The van der Waals surface area contributed by atoms with Crippen molar-refractivity contribution < 1.29 is 4.39 Å². The van der Waals surface area contributed by atoms with Crippen LogP contribution in [0.3, 0.4) is 0 Å². The number of halogens is 2. The number of hydrogen-bond acceptors (Lipinski definition) is 3. The molecular formula is C13H16ClFN4. The van der Waals surface area contributed by atoms with Gasteiger partial charge in [-0.15, -0.1) is 0 Å². The monoisotopic (exact) mass is 282 g/mol. The molecule has 0 aliphatic rings. The lowest BCUT2D eigenvalue weighted by atomic mass is 10.2. The van der Waals surface area contributed by atoms with Crippen LogP contribution in [0.1, 0.15) is 19.7 Å². The first-order valence-corrected chi connectivity index (χ1v) is 6.50. The lowest BCUT2D eigenvalue weighted by Crippen LogP contribution is -2.13. The van der Waals surface area contributed by atoms with Gasteiger partial charge in [0.2, 0.25) is 0 Å². The third-order valence-corrected chi connectivity index (χ3v) is 2.91. The molecule has 0 saturated carbocycles. The number of benzene rings is 1. The fraction of sp³-hybridized carbons (Fsp3) is 0.385. The Labute approximate surface area is 116 Å². The molecule has 0 spiro atoms. The second-order valence-electron chi connectivity index (χ2n) is 4.71. The molecule has 2 rings (SSSR count). The van der Waals surface area contributed by atoms with Crippen molar-refractivity contribution in [3.05, 3.63) is 41.2 Å². The van der Waals surface area contributed by atoms with Gasteiger partial charge in [-0.05, 0) is 18.1 Å². The third-order valence-electron chi connectivity index (χ3n) is 2.62. The highest BCUT2D eigenvalue weighted by atomic mass is 35.5. The Morgan fingerprint density at radius 1 is 1.42 bits per heavy atom. The lowest BCUT2D eigenvalue weighted by molar-refractivity contribution is 0.468. The first-order chi connectivity index (χ1) is 9.08. The van der Waals surface area contributed by atoms with Gasteiger partial charge in [0.15, 0.2) is 5.82 Å². The van der Waals surface area contributed by atoms with E-state index in [2.05, 4.69) is 29.2 Å². The second kappa shape index (κ2) is 6.02. The summed E-state index contributed by atoms with van der Waals surface area (Å²) in [7, 11) is 0. The van der Waals surface area contributed by atoms with E-state index < -0.39 is 5.82 Å². The molecule has 4 nitrogen and oxygen atoms in total. The first kappa shape index (κ1) is 13.8. The van der Waals surface area contributed by atoms with E-state index >= 15 is 0 Å². The molecule has 0 saturated heterocycles. The fourth-order valence-corrected chi connectivity index (χ4v) is 1.91. The van der Waals surface area contributed by atoms with Gasteiger partial charge in [0, 0.05) is 6.54 Å². The SMILES string of the molecule is CC(C)Cn1ncnc1CNc1cccc(Cl)c1F. The topological polar surface area (TPSA) is 42.7 Å². The summed E-state index contributed by atoms with van der Waals surface area (Å²) in [5.74, 6) is 0.801. The van der Waals surface area contributed by atoms with Gasteiger partial charge in [-0.1, -0.05) is 31.5 Å². The van der Waals surface area contributed by atoms with Gasteiger partial charge in [-0.3, -0.25) is 0 Å². The molecule has 1 aromatic heterocycles. The van der Waals surface area contributed by atoms with Gasteiger partial charge in [0.1, 0.15) is 12.2 Å². The minimum atomic E-state index is -0.445. The van der Waals surface area contributed by atoms with Crippen LogP contribution in [0.15, 0.2) is 24.5 Å². The van der Waals surface area contributed by atoms with Crippen LogP contribution in [0.5, 0.6) is 0 Å². The molecule has 1 heterocycles. The summed E-state index contributed by atoms with van der Waals surface area (Å²) < 4.78 is 15.5. The molecule has 0 bridgehead atoms. The second-order valence-corrected chi connectivity index (χ2v) is 5.11. The number of nitrogens with zero attached hydrogens (tertiary/aromatic N) is 3. The van der Waals surface area contributed by atoms with E-state index in [-0.39, 0.29) is 5.02 Å². The minimum absolute atomic E-state index is 0.105. The highest BCUT2D eigenvalue weighted by molar-refractivity contribution is 6.31. The zero-order valence-electron chi connectivity index (χ0n) is 10.9. The summed E-state index contributed by atoms with van der Waals surface area (Å²) in [6.07, 6.45) is 1.51. The van der Waals surface area contributed by atoms with E-state index in [0.29, 0.717) is 18.2 Å². The minimum Gasteiger partial charge on any atom is -0.375 e. The Morgan fingerprint density at radius 3 is 2.95 bits per heavy atom.